The summed E-state index contributed by atoms with van der Waals surface area (Å²) in [5.74, 6) is 0.213. The van der Waals surface area contributed by atoms with Crippen LogP contribution in [0.15, 0.2) is 59.5 Å². The highest BCUT2D eigenvalue weighted by atomic mass is 79.9. The number of hydrogen-bond acceptors (Lipinski definition) is 7. The zero-order valence-electron chi connectivity index (χ0n) is 19.0. The molecule has 2 saturated heterocycles. The number of aromatic nitrogens is 3. The molecule has 9 nitrogen and oxygen atoms in total. The predicted molar refractivity (Wildman–Crippen MR) is 150 cm³/mol. The third kappa shape index (κ3) is 11.3. The molecule has 0 spiro atoms. The molecule has 3 aromatic rings. The minimum absolute atomic E-state index is 0.127. The molecule has 2 aliphatic heterocycles. The van der Waals surface area contributed by atoms with Gasteiger partial charge < -0.3 is 20.9 Å². The largest absolute Gasteiger partial charge is 0.382 e. The molecule has 3 aromatic heterocycles. The Kier molecular flexibility index (Phi) is 13.2. The normalized spacial score (nSPS) is 14.2. The van der Waals surface area contributed by atoms with E-state index in [2.05, 4.69) is 46.8 Å². The van der Waals surface area contributed by atoms with Crippen LogP contribution >= 0.6 is 55.1 Å². The Morgan fingerprint density at radius 1 is 0.861 bits per heavy atom. The summed E-state index contributed by atoms with van der Waals surface area (Å²) in [5, 5.41) is 15.6. The van der Waals surface area contributed by atoms with Gasteiger partial charge in [-0.1, -0.05) is 45.2 Å². The molecule has 5 rings (SSSR count). The lowest BCUT2D eigenvalue weighted by molar-refractivity contribution is 0.00672. The van der Waals surface area contributed by atoms with Gasteiger partial charge in [0.1, 0.15) is 27.7 Å². The zero-order valence-corrected chi connectivity index (χ0v) is 23.7. The fourth-order valence-electron chi connectivity index (χ4n) is 2.37. The summed E-state index contributed by atoms with van der Waals surface area (Å²) in [7, 11) is 0. The standard InChI is InChI=1S/C8H8ClNO.C7H9N5.C5H3BrClN.C3H5BrO/c9-7-1-2-10-8(3-7)6-4-11-5-6;8-6(9)4-2-1-3-5(12-4)7(10)11;6-5-3-4(7)1-2-8-5;4-3-1-5-2-3/h1-3,6H,4-5H2;1-3H,(H3,8,9)(H3,10,11);1-3H;3H,1-2H2. The number of halogens is 4. The van der Waals surface area contributed by atoms with Crippen LogP contribution < -0.4 is 11.5 Å². The SMILES string of the molecule is BrC1COC1.Clc1ccnc(Br)c1.Clc1ccnc(C2COC2)c1.N=C(N)c1cccc(C(=N)N)n1. The Morgan fingerprint density at radius 2 is 1.36 bits per heavy atom. The lowest BCUT2D eigenvalue weighted by Gasteiger charge is -2.25. The van der Waals surface area contributed by atoms with Crippen molar-refractivity contribution >= 4 is 66.7 Å². The highest BCUT2D eigenvalue weighted by Gasteiger charge is 2.21. The van der Waals surface area contributed by atoms with Gasteiger partial charge in [-0.15, -0.1) is 0 Å². The van der Waals surface area contributed by atoms with Crippen molar-refractivity contribution in [2.45, 2.75) is 10.7 Å². The Morgan fingerprint density at radius 3 is 1.69 bits per heavy atom. The summed E-state index contributed by atoms with van der Waals surface area (Å²) >= 11 is 17.9. The van der Waals surface area contributed by atoms with Gasteiger partial charge in [0.25, 0.3) is 0 Å². The molecule has 0 aromatic carbocycles. The summed E-state index contributed by atoms with van der Waals surface area (Å²) in [4.78, 5) is 12.6. The number of hydrogen-bond donors (Lipinski definition) is 4. The fraction of sp³-hybridized carbons (Fsp3) is 0.261. The Bertz CT molecular complexity index is 1100. The van der Waals surface area contributed by atoms with Crippen molar-refractivity contribution < 1.29 is 9.47 Å². The van der Waals surface area contributed by atoms with Crippen LogP contribution in [0.4, 0.5) is 0 Å². The second kappa shape index (κ2) is 15.9. The third-order valence-electron chi connectivity index (χ3n) is 4.39. The van der Waals surface area contributed by atoms with E-state index in [9.17, 15) is 0 Å². The molecule has 5 heterocycles. The van der Waals surface area contributed by atoms with E-state index in [1.165, 1.54) is 0 Å². The van der Waals surface area contributed by atoms with Crippen LogP contribution in [0.25, 0.3) is 0 Å². The van der Waals surface area contributed by atoms with E-state index in [0.717, 1.165) is 41.7 Å². The van der Waals surface area contributed by atoms with E-state index in [4.69, 9.17) is 55.0 Å². The average Bonchev–Trinajstić information content (AvgIpc) is 2.78. The molecule has 192 valence electrons. The van der Waals surface area contributed by atoms with E-state index < -0.39 is 0 Å². The van der Waals surface area contributed by atoms with Crippen molar-refractivity contribution in [3.63, 3.8) is 0 Å². The van der Waals surface area contributed by atoms with Crippen LogP contribution in [0.1, 0.15) is 23.0 Å². The van der Waals surface area contributed by atoms with E-state index in [1.807, 2.05) is 6.07 Å². The first-order valence-corrected chi connectivity index (χ1v) is 13.0. The first-order chi connectivity index (χ1) is 17.2. The predicted octanol–water partition coefficient (Wildman–Crippen LogP) is 4.78. The second-order valence-electron chi connectivity index (χ2n) is 7.30. The molecule has 0 unspecified atom stereocenters. The maximum Gasteiger partial charge on any atom is 0.141 e. The van der Waals surface area contributed by atoms with Crippen molar-refractivity contribution in [3.8, 4) is 0 Å². The molecule has 2 fully saturated rings. The summed E-state index contributed by atoms with van der Waals surface area (Å²) in [6.45, 7) is 3.38. The smallest absolute Gasteiger partial charge is 0.141 e. The molecule has 0 amide bonds. The zero-order chi connectivity index (χ0) is 26.5. The first-order valence-electron chi connectivity index (χ1n) is 10.5. The number of nitrogens with zero attached hydrogens (tertiary/aromatic N) is 3. The minimum atomic E-state index is -0.127. The molecule has 36 heavy (non-hydrogen) atoms. The van der Waals surface area contributed by atoms with Crippen molar-refractivity contribution in [1.82, 2.24) is 15.0 Å². The van der Waals surface area contributed by atoms with Crippen molar-refractivity contribution in [2.24, 2.45) is 11.5 Å². The van der Waals surface area contributed by atoms with Crippen LogP contribution in [-0.4, -0.2) is 57.9 Å². The summed E-state index contributed by atoms with van der Waals surface area (Å²) in [6, 6.07) is 12.0. The molecular weight excluding hydrogens is 637 g/mol. The molecule has 0 atom stereocenters. The van der Waals surface area contributed by atoms with Gasteiger partial charge in [0.05, 0.1) is 31.3 Å². The molecule has 0 radical (unpaired) electrons. The van der Waals surface area contributed by atoms with Gasteiger partial charge in [0.2, 0.25) is 0 Å². The van der Waals surface area contributed by atoms with Crippen molar-refractivity contribution in [1.29, 1.82) is 10.8 Å². The molecule has 0 saturated carbocycles. The van der Waals surface area contributed by atoms with Crippen LogP contribution in [0.3, 0.4) is 0 Å². The van der Waals surface area contributed by atoms with Crippen LogP contribution in [0, 0.1) is 10.8 Å². The van der Waals surface area contributed by atoms with Gasteiger partial charge in [0, 0.05) is 34.1 Å². The maximum atomic E-state index is 7.08. The summed E-state index contributed by atoms with van der Waals surface area (Å²) < 4.78 is 10.6. The van der Waals surface area contributed by atoms with Crippen LogP contribution in [0.5, 0.6) is 0 Å². The highest BCUT2D eigenvalue weighted by Crippen LogP contribution is 2.23. The van der Waals surface area contributed by atoms with E-state index in [1.54, 1.807) is 48.8 Å². The molecule has 0 aliphatic carbocycles. The molecule has 0 bridgehead atoms. The maximum absolute atomic E-state index is 7.08. The number of ether oxygens (including phenoxy) is 2. The Hall–Kier alpha value is -2.15. The Balaban J connectivity index is 0.000000176. The van der Waals surface area contributed by atoms with Gasteiger partial charge in [-0.3, -0.25) is 15.8 Å². The van der Waals surface area contributed by atoms with Crippen molar-refractivity contribution in [3.05, 3.63) is 86.6 Å². The number of nitrogens with one attached hydrogen (secondary N) is 2. The average molecular weight is 662 g/mol. The number of nitrogens with two attached hydrogens (primary N) is 2. The number of pyridine rings is 3. The number of amidine groups is 2. The highest BCUT2D eigenvalue weighted by molar-refractivity contribution is 9.10. The van der Waals surface area contributed by atoms with Gasteiger partial charge in [0.15, 0.2) is 0 Å². The lowest BCUT2D eigenvalue weighted by atomic mass is 10.0. The lowest BCUT2D eigenvalue weighted by Crippen LogP contribution is -2.26. The molecular formula is C23H25Br2Cl2N7O2. The van der Waals surface area contributed by atoms with Gasteiger partial charge in [-0.05, 0) is 52.3 Å². The van der Waals surface area contributed by atoms with E-state index >= 15 is 0 Å². The van der Waals surface area contributed by atoms with Crippen molar-refractivity contribution in [2.75, 3.05) is 26.4 Å². The third-order valence-corrected chi connectivity index (χ3v) is 5.82. The van der Waals surface area contributed by atoms with Crippen LogP contribution in [-0.2, 0) is 9.47 Å². The van der Waals surface area contributed by atoms with Gasteiger partial charge >= 0.3 is 0 Å². The first kappa shape index (κ1) is 30.1. The summed E-state index contributed by atoms with van der Waals surface area (Å²) in [6.07, 6.45) is 3.38. The van der Waals surface area contributed by atoms with Gasteiger partial charge in [-0.25, -0.2) is 9.97 Å². The topological polar surface area (TPSA) is 157 Å². The molecule has 6 N–H and O–H groups in total. The number of alkyl halides is 1. The number of nitrogen functional groups attached to an aromatic ring is 2. The quantitative estimate of drug-likeness (QED) is 0.136. The van der Waals surface area contributed by atoms with E-state index in [0.29, 0.717) is 27.2 Å². The van der Waals surface area contributed by atoms with Gasteiger partial charge in [-0.2, -0.15) is 0 Å². The Labute approximate surface area is 236 Å². The van der Waals surface area contributed by atoms with E-state index in [-0.39, 0.29) is 11.7 Å². The van der Waals surface area contributed by atoms with Crippen LogP contribution in [0.2, 0.25) is 10.0 Å². The molecule has 2 aliphatic rings. The number of rotatable bonds is 3. The minimum Gasteiger partial charge on any atom is -0.382 e. The molecule has 13 heteroatoms. The fourth-order valence-corrected chi connectivity index (χ4v) is 3.57. The monoisotopic (exact) mass is 659 g/mol. The second-order valence-corrected chi connectivity index (χ2v) is 10.3. The summed E-state index contributed by atoms with van der Waals surface area (Å²) in [5.41, 5.74) is 12.1.